The molecule has 0 amide bonds. The van der Waals surface area contributed by atoms with Crippen molar-refractivity contribution in [3.8, 4) is 17.5 Å². The molecule has 0 N–H and O–H groups in total. The number of halogens is 3. The highest BCUT2D eigenvalue weighted by Crippen LogP contribution is 2.32. The number of rotatable bonds is 9. The SMILES string of the molecule is CC1(COc2ccc(N3CCC(CC=Cc4ccc(OC(F)(F)F)cc4)CC3)cc2)Cn2cc([N+](=O)[O-])nc2O1. The molecule has 5 rings (SSSR count). The maximum absolute atomic E-state index is 12.3. The summed E-state index contributed by atoms with van der Waals surface area (Å²) < 4.78 is 54.2. The van der Waals surface area contributed by atoms with E-state index in [0.717, 1.165) is 43.6 Å². The number of nitrogens with zero attached hydrogens (tertiary/aromatic N) is 4. The summed E-state index contributed by atoms with van der Waals surface area (Å²) in [5.74, 6) is 0.798. The average molecular weight is 559 g/mol. The molecule has 2 aliphatic rings. The minimum Gasteiger partial charge on any atom is -0.489 e. The zero-order valence-electron chi connectivity index (χ0n) is 21.8. The number of fused-ring (bicyclic) bond motifs is 1. The van der Waals surface area contributed by atoms with E-state index >= 15 is 0 Å². The molecule has 1 saturated heterocycles. The number of alkyl halides is 3. The fourth-order valence-corrected chi connectivity index (χ4v) is 4.95. The molecule has 0 aliphatic carbocycles. The van der Waals surface area contributed by atoms with Crippen molar-refractivity contribution in [1.29, 1.82) is 0 Å². The standard InChI is InChI=1S/C28H29F3N4O5/c1-27(18-34-17-25(35(36)37)32-26(34)40-27)19-38-23-11-7-22(8-12-23)33-15-13-21(14-16-33)4-2-3-20-5-9-24(10-6-20)39-28(29,30)31/h2-3,5-12,17,21H,4,13-16,18-19H2,1H3. The molecule has 212 valence electrons. The predicted molar refractivity (Wildman–Crippen MR) is 142 cm³/mol. The zero-order valence-corrected chi connectivity index (χ0v) is 21.8. The first-order valence-corrected chi connectivity index (χ1v) is 13.0. The first-order chi connectivity index (χ1) is 19.1. The van der Waals surface area contributed by atoms with Crippen molar-refractivity contribution in [2.45, 2.75) is 44.7 Å². The molecule has 0 bridgehead atoms. The van der Waals surface area contributed by atoms with Crippen molar-refractivity contribution in [3.63, 3.8) is 0 Å². The second kappa shape index (κ2) is 11.1. The van der Waals surface area contributed by atoms with Gasteiger partial charge in [-0.2, -0.15) is 0 Å². The van der Waals surface area contributed by atoms with E-state index in [1.54, 1.807) is 16.7 Å². The second-order valence-corrected chi connectivity index (χ2v) is 10.3. The quantitative estimate of drug-likeness (QED) is 0.227. The van der Waals surface area contributed by atoms with Gasteiger partial charge in [-0.15, -0.1) is 13.2 Å². The van der Waals surface area contributed by atoms with Crippen LogP contribution in [0.15, 0.2) is 60.8 Å². The normalized spacial score (nSPS) is 19.4. The topological polar surface area (TPSA) is 91.9 Å². The first kappa shape index (κ1) is 27.4. The van der Waals surface area contributed by atoms with Gasteiger partial charge in [0.05, 0.1) is 6.54 Å². The van der Waals surface area contributed by atoms with Crippen LogP contribution in [0.3, 0.4) is 0 Å². The van der Waals surface area contributed by atoms with Crippen LogP contribution in [-0.2, 0) is 6.54 Å². The molecule has 1 atom stereocenters. The van der Waals surface area contributed by atoms with E-state index < -0.39 is 16.9 Å². The lowest BCUT2D eigenvalue weighted by atomic mass is 9.93. The summed E-state index contributed by atoms with van der Waals surface area (Å²) in [6.07, 6.45) is 3.69. The van der Waals surface area contributed by atoms with Gasteiger partial charge in [0.15, 0.2) is 5.60 Å². The second-order valence-electron chi connectivity index (χ2n) is 10.3. The number of imidazole rings is 1. The number of aromatic nitrogens is 2. The highest BCUT2D eigenvalue weighted by molar-refractivity contribution is 5.51. The molecule has 1 aromatic heterocycles. The van der Waals surface area contributed by atoms with Gasteiger partial charge >= 0.3 is 18.2 Å². The minimum atomic E-state index is -4.69. The molecule has 3 heterocycles. The fourth-order valence-electron chi connectivity index (χ4n) is 4.95. The molecule has 1 fully saturated rings. The molecule has 12 heteroatoms. The molecule has 0 spiro atoms. The van der Waals surface area contributed by atoms with Crippen LogP contribution in [0.2, 0.25) is 0 Å². The Labute approximate surface area is 228 Å². The third-order valence-corrected chi connectivity index (χ3v) is 7.01. The molecule has 2 aliphatic heterocycles. The van der Waals surface area contributed by atoms with Gasteiger partial charge < -0.3 is 29.2 Å². The van der Waals surface area contributed by atoms with Crippen LogP contribution in [0.4, 0.5) is 24.7 Å². The van der Waals surface area contributed by atoms with Gasteiger partial charge in [0.1, 0.15) is 24.3 Å². The summed E-state index contributed by atoms with van der Waals surface area (Å²) in [7, 11) is 0. The number of allylic oxidation sites excluding steroid dienone is 1. The van der Waals surface area contributed by atoms with Crippen molar-refractivity contribution in [1.82, 2.24) is 9.55 Å². The monoisotopic (exact) mass is 558 g/mol. The molecule has 0 radical (unpaired) electrons. The Balaban J connectivity index is 1.04. The van der Waals surface area contributed by atoms with Crippen molar-refractivity contribution in [2.24, 2.45) is 5.92 Å². The van der Waals surface area contributed by atoms with E-state index in [2.05, 4.69) is 20.7 Å². The molecule has 40 heavy (non-hydrogen) atoms. The van der Waals surface area contributed by atoms with Crippen LogP contribution in [-0.4, -0.2) is 46.1 Å². The largest absolute Gasteiger partial charge is 0.573 e. The lowest BCUT2D eigenvalue weighted by Gasteiger charge is -2.33. The van der Waals surface area contributed by atoms with E-state index in [1.165, 1.54) is 18.3 Å². The Kier molecular flexibility index (Phi) is 7.59. The molecule has 1 unspecified atom stereocenters. The molecule has 2 aromatic carbocycles. The van der Waals surface area contributed by atoms with Gasteiger partial charge in [-0.3, -0.25) is 4.57 Å². The van der Waals surface area contributed by atoms with Crippen molar-refractivity contribution in [3.05, 3.63) is 76.5 Å². The van der Waals surface area contributed by atoms with Crippen LogP contribution < -0.4 is 19.1 Å². The summed E-state index contributed by atoms with van der Waals surface area (Å²) in [6, 6.07) is 14.0. The molecular formula is C28H29F3N4O5. The Morgan fingerprint density at radius 2 is 1.80 bits per heavy atom. The van der Waals surface area contributed by atoms with E-state index in [-0.39, 0.29) is 24.2 Å². The van der Waals surface area contributed by atoms with Crippen molar-refractivity contribution in [2.75, 3.05) is 24.6 Å². The van der Waals surface area contributed by atoms with E-state index in [0.29, 0.717) is 18.2 Å². The molecule has 0 saturated carbocycles. The third kappa shape index (κ3) is 6.85. The zero-order chi connectivity index (χ0) is 28.3. The van der Waals surface area contributed by atoms with Gasteiger partial charge in [0.2, 0.25) is 0 Å². The number of nitro groups is 1. The molecule has 9 nitrogen and oxygen atoms in total. The lowest BCUT2D eigenvalue weighted by molar-refractivity contribution is -0.389. The smallest absolute Gasteiger partial charge is 0.489 e. The highest BCUT2D eigenvalue weighted by Gasteiger charge is 2.41. The van der Waals surface area contributed by atoms with Gasteiger partial charge in [-0.25, -0.2) is 0 Å². The Morgan fingerprint density at radius 3 is 2.42 bits per heavy atom. The van der Waals surface area contributed by atoms with Crippen LogP contribution >= 0.6 is 0 Å². The van der Waals surface area contributed by atoms with Crippen LogP contribution in [0.5, 0.6) is 17.5 Å². The van der Waals surface area contributed by atoms with Gasteiger partial charge in [-0.1, -0.05) is 24.3 Å². The number of hydrogen-bond donors (Lipinski definition) is 0. The van der Waals surface area contributed by atoms with E-state index in [4.69, 9.17) is 9.47 Å². The Hall–Kier alpha value is -4.22. The summed E-state index contributed by atoms with van der Waals surface area (Å²) in [6.45, 7) is 4.43. The Morgan fingerprint density at radius 1 is 1.12 bits per heavy atom. The van der Waals surface area contributed by atoms with E-state index in [9.17, 15) is 23.3 Å². The van der Waals surface area contributed by atoms with Crippen LogP contribution in [0.1, 0.15) is 31.7 Å². The van der Waals surface area contributed by atoms with Gasteiger partial charge in [0.25, 0.3) is 0 Å². The summed E-state index contributed by atoms with van der Waals surface area (Å²) >= 11 is 0. The highest BCUT2D eigenvalue weighted by atomic mass is 19.4. The predicted octanol–water partition coefficient (Wildman–Crippen LogP) is 6.24. The maximum Gasteiger partial charge on any atom is 0.573 e. The van der Waals surface area contributed by atoms with Gasteiger partial charge in [-0.05, 0) is 79.0 Å². The summed E-state index contributed by atoms with van der Waals surface area (Å²) in [5.41, 5.74) is 1.29. The minimum absolute atomic E-state index is 0.223. The van der Waals surface area contributed by atoms with Crippen LogP contribution in [0, 0.1) is 16.0 Å². The summed E-state index contributed by atoms with van der Waals surface area (Å²) in [5, 5.41) is 10.9. The number of hydrogen-bond acceptors (Lipinski definition) is 7. The fraction of sp³-hybridized carbons (Fsp3) is 0.393. The van der Waals surface area contributed by atoms with Gasteiger partial charge in [0, 0.05) is 23.8 Å². The number of benzene rings is 2. The maximum atomic E-state index is 12.3. The lowest BCUT2D eigenvalue weighted by Crippen LogP contribution is -2.38. The molecular weight excluding hydrogens is 529 g/mol. The Bertz CT molecular complexity index is 1320. The van der Waals surface area contributed by atoms with E-state index in [1.807, 2.05) is 37.3 Å². The van der Waals surface area contributed by atoms with Crippen molar-refractivity contribution >= 4 is 17.6 Å². The number of ether oxygens (including phenoxy) is 3. The first-order valence-electron chi connectivity index (χ1n) is 13.0. The number of piperidine rings is 1. The number of anilines is 1. The third-order valence-electron chi connectivity index (χ3n) is 7.01. The molecule has 3 aromatic rings. The summed E-state index contributed by atoms with van der Waals surface area (Å²) in [4.78, 5) is 16.6. The van der Waals surface area contributed by atoms with Crippen molar-refractivity contribution < 1.29 is 32.3 Å². The van der Waals surface area contributed by atoms with Crippen LogP contribution in [0.25, 0.3) is 6.08 Å². The average Bonchev–Trinajstić information content (AvgIpc) is 3.44.